The van der Waals surface area contributed by atoms with Crippen LogP contribution >= 0.6 is 0 Å². The second-order valence-corrected chi connectivity index (χ2v) is 10.3. The normalized spacial score (nSPS) is 11.7. The Morgan fingerprint density at radius 3 is 2.44 bits per heavy atom. The highest BCUT2D eigenvalue weighted by atomic mass is 16.5. The second kappa shape index (κ2) is 12.7. The predicted molar refractivity (Wildman–Crippen MR) is 158 cm³/mol. The van der Waals surface area contributed by atoms with E-state index in [1.165, 1.54) is 0 Å². The Balaban J connectivity index is 1.59. The van der Waals surface area contributed by atoms with Gasteiger partial charge in [-0.1, -0.05) is 18.2 Å². The topological polar surface area (TPSA) is 123 Å². The van der Waals surface area contributed by atoms with Gasteiger partial charge in [0.25, 0.3) is 5.91 Å². The maximum atomic E-state index is 13.6. The number of pyridine rings is 1. The number of nitrogens with zero attached hydrogens (tertiary/aromatic N) is 2. The number of anilines is 1. The Bertz CT molecular complexity index is 1590. The molecule has 2 aromatic carbocycles. The molecule has 0 aliphatic rings. The van der Waals surface area contributed by atoms with Crippen LogP contribution in [0.3, 0.4) is 0 Å². The van der Waals surface area contributed by atoms with E-state index in [1.54, 1.807) is 19.2 Å². The summed E-state index contributed by atoms with van der Waals surface area (Å²) >= 11 is 0. The summed E-state index contributed by atoms with van der Waals surface area (Å²) < 4.78 is 7.88. The van der Waals surface area contributed by atoms with Crippen molar-refractivity contribution in [2.45, 2.75) is 59.6 Å². The first-order valence-electron chi connectivity index (χ1n) is 13.6. The fourth-order valence-corrected chi connectivity index (χ4v) is 4.92. The summed E-state index contributed by atoms with van der Waals surface area (Å²) in [6, 6.07) is 14.3. The van der Waals surface area contributed by atoms with Gasteiger partial charge in [-0.15, -0.1) is 0 Å². The molecule has 4 rings (SSSR count). The van der Waals surface area contributed by atoms with Crippen molar-refractivity contribution in [1.82, 2.24) is 14.9 Å². The number of carbonyl (C=O) groups is 3. The molecule has 0 spiro atoms. The average Bonchev–Trinajstić information content (AvgIpc) is 3.26. The Morgan fingerprint density at radius 1 is 1.02 bits per heavy atom. The average molecular weight is 557 g/mol. The van der Waals surface area contributed by atoms with Gasteiger partial charge in [0.2, 0.25) is 5.91 Å². The number of hydrogen-bond acceptors (Lipinski definition) is 5. The van der Waals surface area contributed by atoms with Crippen molar-refractivity contribution in [2.75, 3.05) is 12.4 Å². The minimum absolute atomic E-state index is 0.0394. The van der Waals surface area contributed by atoms with Gasteiger partial charge in [-0.05, 0) is 75.4 Å². The predicted octanol–water partition coefficient (Wildman–Crippen LogP) is 5.51. The fraction of sp³-hybridized carbons (Fsp3) is 0.312. The molecule has 2 aromatic heterocycles. The summed E-state index contributed by atoms with van der Waals surface area (Å²) in [5, 5.41) is 15.8. The molecule has 0 fully saturated rings. The molecule has 41 heavy (non-hydrogen) atoms. The maximum absolute atomic E-state index is 13.6. The molecule has 0 saturated carbocycles. The lowest BCUT2D eigenvalue weighted by Gasteiger charge is -2.18. The van der Waals surface area contributed by atoms with Crippen LogP contribution in [0.4, 0.5) is 5.69 Å². The van der Waals surface area contributed by atoms with Crippen LogP contribution < -0.4 is 15.4 Å². The molecule has 0 saturated heterocycles. The van der Waals surface area contributed by atoms with Gasteiger partial charge >= 0.3 is 5.97 Å². The quantitative estimate of drug-likeness (QED) is 0.224. The monoisotopic (exact) mass is 556 g/mol. The highest BCUT2D eigenvalue weighted by Gasteiger charge is 2.20. The molecule has 0 aliphatic carbocycles. The van der Waals surface area contributed by atoms with E-state index in [4.69, 9.17) is 9.84 Å². The van der Waals surface area contributed by atoms with Crippen molar-refractivity contribution in [2.24, 2.45) is 0 Å². The standard InChI is InChI=1S/C32H36N4O5/c1-19-17-36(29-16-25(32(40)33-5)11-12-27(19)29)22(4)31(39)35-28-15-23(9-10-24(28)7-6-8-30(37)38)18-41-26-13-20(2)34-21(3)14-26/h9-17,22H,6-8,18H2,1-5H3,(H,33,40)(H,35,39)(H,37,38). The van der Waals surface area contributed by atoms with E-state index >= 15 is 0 Å². The van der Waals surface area contributed by atoms with Crippen LogP contribution in [0.5, 0.6) is 5.75 Å². The van der Waals surface area contributed by atoms with Crippen molar-refractivity contribution in [3.63, 3.8) is 0 Å². The number of nitrogens with one attached hydrogen (secondary N) is 2. The van der Waals surface area contributed by atoms with Crippen LogP contribution in [0.1, 0.15) is 64.2 Å². The summed E-state index contributed by atoms with van der Waals surface area (Å²) in [4.78, 5) is 41.3. The van der Waals surface area contributed by atoms with E-state index in [1.807, 2.05) is 74.9 Å². The lowest BCUT2D eigenvalue weighted by atomic mass is 10.0. The van der Waals surface area contributed by atoms with Gasteiger partial charge in [-0.3, -0.25) is 19.4 Å². The third-order valence-corrected chi connectivity index (χ3v) is 7.05. The van der Waals surface area contributed by atoms with Crippen LogP contribution in [-0.4, -0.2) is 39.5 Å². The van der Waals surface area contributed by atoms with E-state index in [2.05, 4.69) is 15.6 Å². The number of carbonyl (C=O) groups excluding carboxylic acids is 2. The number of carboxylic acids is 1. The number of amides is 2. The maximum Gasteiger partial charge on any atom is 0.303 e. The third-order valence-electron chi connectivity index (χ3n) is 7.05. The Morgan fingerprint density at radius 2 is 1.76 bits per heavy atom. The first-order valence-corrected chi connectivity index (χ1v) is 13.6. The molecular weight excluding hydrogens is 520 g/mol. The zero-order valence-corrected chi connectivity index (χ0v) is 24.1. The summed E-state index contributed by atoms with van der Waals surface area (Å²) in [5.41, 5.74) is 6.36. The molecule has 9 heteroatoms. The molecule has 3 N–H and O–H groups in total. The number of aryl methyl sites for hydroxylation is 4. The largest absolute Gasteiger partial charge is 0.489 e. The molecule has 0 radical (unpaired) electrons. The van der Waals surface area contributed by atoms with Gasteiger partial charge in [0.15, 0.2) is 0 Å². The number of aliphatic carboxylic acids is 1. The van der Waals surface area contributed by atoms with Gasteiger partial charge in [-0.25, -0.2) is 0 Å². The Labute approximate surface area is 239 Å². The number of hydrogen-bond donors (Lipinski definition) is 3. The fourth-order valence-electron chi connectivity index (χ4n) is 4.92. The number of benzene rings is 2. The molecule has 9 nitrogen and oxygen atoms in total. The molecule has 214 valence electrons. The lowest BCUT2D eigenvalue weighted by Crippen LogP contribution is -2.24. The number of aromatic nitrogens is 2. The van der Waals surface area contributed by atoms with Gasteiger partial charge in [-0.2, -0.15) is 0 Å². The summed E-state index contributed by atoms with van der Waals surface area (Å²) in [7, 11) is 1.58. The number of fused-ring (bicyclic) bond motifs is 1. The zero-order valence-electron chi connectivity index (χ0n) is 24.1. The molecule has 1 unspecified atom stereocenters. The zero-order chi connectivity index (χ0) is 29.7. The molecule has 0 aliphatic heterocycles. The summed E-state index contributed by atoms with van der Waals surface area (Å²) in [6.45, 7) is 7.90. The smallest absolute Gasteiger partial charge is 0.303 e. The lowest BCUT2D eigenvalue weighted by molar-refractivity contribution is -0.137. The van der Waals surface area contributed by atoms with Crippen LogP contribution in [0, 0.1) is 20.8 Å². The number of ether oxygens (including phenoxy) is 1. The van der Waals surface area contributed by atoms with Gasteiger partial charge in [0, 0.05) is 65.3 Å². The van der Waals surface area contributed by atoms with Crippen molar-refractivity contribution >= 4 is 34.4 Å². The van der Waals surface area contributed by atoms with Gasteiger partial charge in [0.1, 0.15) is 18.4 Å². The van der Waals surface area contributed by atoms with Crippen LogP contribution in [0.15, 0.2) is 54.7 Å². The SMILES string of the molecule is CNC(=O)c1ccc2c(C)cn(C(C)C(=O)Nc3cc(COc4cc(C)nc(C)c4)ccc3CCCC(=O)O)c2c1. The highest BCUT2D eigenvalue weighted by molar-refractivity contribution is 6.00. The van der Waals surface area contributed by atoms with Crippen LogP contribution in [-0.2, 0) is 22.6 Å². The molecule has 2 heterocycles. The van der Waals surface area contributed by atoms with Crippen LogP contribution in [0.25, 0.3) is 10.9 Å². The van der Waals surface area contributed by atoms with E-state index < -0.39 is 12.0 Å². The van der Waals surface area contributed by atoms with E-state index in [9.17, 15) is 14.4 Å². The molecule has 2 amide bonds. The summed E-state index contributed by atoms with van der Waals surface area (Å²) in [6.07, 6.45) is 2.90. The van der Waals surface area contributed by atoms with Gasteiger partial charge in [0.05, 0.1) is 0 Å². The summed E-state index contributed by atoms with van der Waals surface area (Å²) in [5.74, 6) is -0.574. The van der Waals surface area contributed by atoms with Crippen molar-refractivity contribution in [3.8, 4) is 5.75 Å². The Hall–Kier alpha value is -4.66. The highest BCUT2D eigenvalue weighted by Crippen LogP contribution is 2.28. The number of carboxylic acid groups (broad SMARTS) is 1. The van der Waals surface area contributed by atoms with E-state index in [0.29, 0.717) is 36.4 Å². The van der Waals surface area contributed by atoms with E-state index in [0.717, 1.165) is 39.0 Å². The minimum Gasteiger partial charge on any atom is -0.489 e. The van der Waals surface area contributed by atoms with Crippen molar-refractivity contribution in [1.29, 1.82) is 0 Å². The van der Waals surface area contributed by atoms with E-state index in [-0.39, 0.29) is 18.2 Å². The van der Waals surface area contributed by atoms with Crippen molar-refractivity contribution < 1.29 is 24.2 Å². The molecular formula is C32H36N4O5. The van der Waals surface area contributed by atoms with Gasteiger partial charge < -0.3 is 25.0 Å². The first-order chi connectivity index (χ1) is 19.5. The Kier molecular flexibility index (Phi) is 9.07. The number of rotatable bonds is 11. The third kappa shape index (κ3) is 7.11. The molecule has 0 bridgehead atoms. The van der Waals surface area contributed by atoms with Crippen LogP contribution in [0.2, 0.25) is 0 Å². The molecule has 4 aromatic rings. The minimum atomic E-state index is -0.858. The molecule has 1 atom stereocenters. The first kappa shape index (κ1) is 29.3. The second-order valence-electron chi connectivity index (χ2n) is 10.3. The van der Waals surface area contributed by atoms with Crippen molar-refractivity contribution in [3.05, 3.63) is 88.4 Å².